The van der Waals surface area contributed by atoms with Gasteiger partial charge in [-0.2, -0.15) is 0 Å². The number of nitrogen functional groups attached to an aromatic ring is 1. The second-order valence-electron chi connectivity index (χ2n) is 6.21. The van der Waals surface area contributed by atoms with E-state index in [2.05, 4.69) is 0 Å². The lowest BCUT2D eigenvalue weighted by atomic mass is 9.99. The van der Waals surface area contributed by atoms with E-state index in [0.717, 1.165) is 12.8 Å². The van der Waals surface area contributed by atoms with Crippen molar-refractivity contribution < 1.29 is 19.0 Å². The smallest absolute Gasteiger partial charge is 0.341 e. The average molecular weight is 318 g/mol. The molecular weight excluding hydrogens is 303 g/mol. The van der Waals surface area contributed by atoms with E-state index in [4.69, 9.17) is 10.5 Å². The Bertz CT molecular complexity index is 930. The molecule has 1 aromatic heterocycles. The summed E-state index contributed by atoms with van der Waals surface area (Å²) >= 11 is 0. The number of nitrogens with two attached hydrogens (primary N) is 1. The van der Waals surface area contributed by atoms with Crippen LogP contribution < -0.4 is 15.9 Å². The zero-order valence-electron chi connectivity index (χ0n) is 12.4. The van der Waals surface area contributed by atoms with E-state index in [1.165, 1.54) is 6.20 Å². The fourth-order valence-electron chi connectivity index (χ4n) is 3.26. The minimum atomic E-state index is -1.35. The molecule has 1 aliphatic carbocycles. The molecule has 6 nitrogen and oxygen atoms in total. The van der Waals surface area contributed by atoms with Gasteiger partial charge in [0.2, 0.25) is 5.43 Å². The first kappa shape index (κ1) is 14.0. The molecule has 7 heteroatoms. The van der Waals surface area contributed by atoms with Crippen molar-refractivity contribution >= 4 is 22.6 Å². The van der Waals surface area contributed by atoms with Crippen LogP contribution in [0.5, 0.6) is 5.75 Å². The number of nitrogens with zero attached hydrogens (tertiary/aromatic N) is 1. The van der Waals surface area contributed by atoms with Crippen molar-refractivity contribution in [3.05, 3.63) is 33.4 Å². The number of ether oxygens (including phenoxy) is 1. The lowest BCUT2D eigenvalue weighted by Crippen LogP contribution is -2.28. The maximum Gasteiger partial charge on any atom is 0.341 e. The van der Waals surface area contributed by atoms with Crippen LogP contribution in [-0.2, 0) is 0 Å². The highest BCUT2D eigenvalue weighted by Gasteiger charge is 2.36. The fourth-order valence-corrected chi connectivity index (χ4v) is 3.26. The van der Waals surface area contributed by atoms with Gasteiger partial charge in [-0.3, -0.25) is 4.79 Å². The van der Waals surface area contributed by atoms with Gasteiger partial charge in [-0.05, 0) is 25.7 Å². The molecule has 0 saturated heterocycles. The number of pyridine rings is 1. The van der Waals surface area contributed by atoms with E-state index < -0.39 is 22.8 Å². The van der Waals surface area contributed by atoms with E-state index in [1.54, 1.807) is 4.57 Å². The Hall–Kier alpha value is -2.57. The van der Waals surface area contributed by atoms with Gasteiger partial charge < -0.3 is 20.1 Å². The van der Waals surface area contributed by atoms with Crippen LogP contribution in [0.3, 0.4) is 0 Å². The number of hydrogen-bond acceptors (Lipinski definition) is 4. The molecule has 1 fully saturated rings. The number of hydrogen-bond donors (Lipinski definition) is 2. The zero-order valence-corrected chi connectivity index (χ0v) is 12.4. The monoisotopic (exact) mass is 318 g/mol. The molecule has 2 aliphatic rings. The summed E-state index contributed by atoms with van der Waals surface area (Å²) in [6, 6.07) is -0.180. The molecule has 1 atom stereocenters. The van der Waals surface area contributed by atoms with Crippen molar-refractivity contribution in [3.8, 4) is 5.75 Å². The van der Waals surface area contributed by atoms with Crippen LogP contribution in [0.15, 0.2) is 11.0 Å². The third-order valence-electron chi connectivity index (χ3n) is 4.60. The normalized spacial score (nSPS) is 19.7. The standard InChI is InChI=1S/C16H15FN2O4/c1-6-5-23-15-9(7-2-3-7)11(17)12(18)10-13(15)19(6)4-8(14(10)20)16(21)22/h4,6-7H,2-3,5,18H2,1H3,(H,21,22). The van der Waals surface area contributed by atoms with E-state index >= 15 is 0 Å². The van der Waals surface area contributed by atoms with Gasteiger partial charge in [-0.1, -0.05) is 0 Å². The third kappa shape index (κ3) is 1.79. The summed E-state index contributed by atoms with van der Waals surface area (Å²) in [6.07, 6.45) is 3.01. The molecular formula is C16H15FN2O4. The molecule has 120 valence electrons. The van der Waals surface area contributed by atoms with Crippen LogP contribution in [0.1, 0.15) is 47.6 Å². The van der Waals surface area contributed by atoms with Crippen LogP contribution in [0.2, 0.25) is 0 Å². The van der Waals surface area contributed by atoms with Gasteiger partial charge in [-0.15, -0.1) is 0 Å². The number of carboxylic acids is 1. The van der Waals surface area contributed by atoms with Crippen molar-refractivity contribution in [2.45, 2.75) is 31.7 Å². The van der Waals surface area contributed by atoms with Crippen LogP contribution in [-0.4, -0.2) is 22.2 Å². The van der Waals surface area contributed by atoms with Gasteiger partial charge in [-0.25, -0.2) is 9.18 Å². The third-order valence-corrected chi connectivity index (χ3v) is 4.60. The van der Waals surface area contributed by atoms with Crippen molar-refractivity contribution in [2.75, 3.05) is 12.3 Å². The molecule has 2 heterocycles. The lowest BCUT2D eigenvalue weighted by Gasteiger charge is -2.29. The Morgan fingerprint density at radius 2 is 2.17 bits per heavy atom. The first-order valence-electron chi connectivity index (χ1n) is 7.47. The summed E-state index contributed by atoms with van der Waals surface area (Å²) in [5.74, 6) is -1.63. The zero-order chi connectivity index (χ0) is 16.5. The summed E-state index contributed by atoms with van der Waals surface area (Å²) in [6.45, 7) is 2.13. The predicted octanol–water partition coefficient (Wildman–Crippen LogP) is 2.25. The number of halogens is 1. The van der Waals surface area contributed by atoms with Crippen molar-refractivity contribution in [2.24, 2.45) is 0 Å². The van der Waals surface area contributed by atoms with Crippen molar-refractivity contribution in [1.82, 2.24) is 4.57 Å². The van der Waals surface area contributed by atoms with Crippen LogP contribution >= 0.6 is 0 Å². The van der Waals surface area contributed by atoms with Crippen LogP contribution in [0.4, 0.5) is 10.1 Å². The highest BCUT2D eigenvalue weighted by atomic mass is 19.1. The molecule has 3 N–H and O–H groups in total. The minimum Gasteiger partial charge on any atom is -0.489 e. The van der Waals surface area contributed by atoms with Crippen molar-refractivity contribution in [1.29, 1.82) is 0 Å². The minimum absolute atomic E-state index is 0.0489. The maximum absolute atomic E-state index is 14.7. The SMILES string of the molecule is CC1COc2c(C3CC3)c(F)c(N)c3c(=O)c(C(=O)O)cn1c23. The molecule has 2 aromatic rings. The molecule has 1 aliphatic heterocycles. The number of anilines is 1. The van der Waals surface area contributed by atoms with E-state index in [0.29, 0.717) is 16.8 Å². The Labute approximate surface area is 130 Å². The number of rotatable bonds is 2. The highest BCUT2D eigenvalue weighted by Crippen LogP contribution is 2.50. The second-order valence-corrected chi connectivity index (χ2v) is 6.21. The van der Waals surface area contributed by atoms with Crippen LogP contribution in [0, 0.1) is 5.82 Å². The summed E-state index contributed by atoms with van der Waals surface area (Å²) in [5.41, 5.74) is 5.22. The van der Waals surface area contributed by atoms with Gasteiger partial charge in [0.25, 0.3) is 0 Å². The highest BCUT2D eigenvalue weighted by molar-refractivity contribution is 6.01. The van der Waals surface area contributed by atoms with Gasteiger partial charge in [0.05, 0.1) is 22.6 Å². The van der Waals surface area contributed by atoms with Gasteiger partial charge in [0.1, 0.15) is 17.9 Å². The first-order chi connectivity index (χ1) is 10.9. The molecule has 0 amide bonds. The largest absolute Gasteiger partial charge is 0.489 e. The number of aromatic nitrogens is 1. The second kappa shape index (κ2) is 4.47. The fraction of sp³-hybridized carbons (Fsp3) is 0.375. The molecule has 23 heavy (non-hydrogen) atoms. The average Bonchev–Trinajstić information content (AvgIpc) is 3.32. The Balaban J connectivity index is 2.24. The lowest BCUT2D eigenvalue weighted by molar-refractivity contribution is 0.0694. The van der Waals surface area contributed by atoms with E-state index in [1.807, 2.05) is 6.92 Å². The topological polar surface area (TPSA) is 94.6 Å². The van der Waals surface area contributed by atoms with Gasteiger partial charge in [0.15, 0.2) is 5.82 Å². The molecule has 0 radical (unpaired) electrons. The van der Waals surface area contributed by atoms with E-state index in [9.17, 15) is 19.1 Å². The quantitative estimate of drug-likeness (QED) is 0.828. The van der Waals surface area contributed by atoms with E-state index in [-0.39, 0.29) is 29.6 Å². The predicted molar refractivity (Wildman–Crippen MR) is 81.7 cm³/mol. The van der Waals surface area contributed by atoms with Crippen LogP contribution in [0.25, 0.3) is 10.9 Å². The number of carboxylic acid groups (broad SMARTS) is 1. The first-order valence-corrected chi connectivity index (χ1v) is 7.47. The molecule has 4 rings (SSSR count). The summed E-state index contributed by atoms with van der Waals surface area (Å²) in [7, 11) is 0. The molecule has 0 bridgehead atoms. The molecule has 0 spiro atoms. The van der Waals surface area contributed by atoms with Gasteiger partial charge in [0, 0.05) is 11.8 Å². The Morgan fingerprint density at radius 1 is 1.48 bits per heavy atom. The molecule has 1 saturated carbocycles. The number of carbonyl (C=O) groups is 1. The van der Waals surface area contributed by atoms with Crippen molar-refractivity contribution in [3.63, 3.8) is 0 Å². The number of aromatic carboxylic acids is 1. The number of benzene rings is 1. The summed E-state index contributed by atoms with van der Waals surface area (Å²) in [5, 5.41) is 9.15. The van der Waals surface area contributed by atoms with Gasteiger partial charge >= 0.3 is 5.97 Å². The Morgan fingerprint density at radius 3 is 2.78 bits per heavy atom. The maximum atomic E-state index is 14.7. The summed E-state index contributed by atoms with van der Waals surface area (Å²) in [4.78, 5) is 23.8. The Kier molecular flexibility index (Phi) is 2.73. The molecule has 1 unspecified atom stereocenters. The molecule has 1 aromatic carbocycles. The summed E-state index contributed by atoms with van der Waals surface area (Å²) < 4.78 is 22.1.